The fourth-order valence-electron chi connectivity index (χ4n) is 3.02. The third-order valence-electron chi connectivity index (χ3n) is 4.05. The molecule has 2 N–H and O–H groups in total. The molecule has 0 spiro atoms. The molecule has 0 radical (unpaired) electrons. The number of rotatable bonds is 3. The summed E-state index contributed by atoms with van der Waals surface area (Å²) in [6.45, 7) is 4.11. The molecule has 3 nitrogen and oxygen atoms in total. The minimum Gasteiger partial charge on any atom is -0.330 e. The molecule has 1 aromatic heterocycles. The zero-order valence-electron chi connectivity index (χ0n) is 11.7. The second-order valence-corrected chi connectivity index (χ2v) is 5.47. The summed E-state index contributed by atoms with van der Waals surface area (Å²) >= 11 is 0. The molecule has 1 aliphatic rings. The van der Waals surface area contributed by atoms with Crippen LogP contribution in [0, 0.1) is 5.92 Å². The molecular formula is C16H22ClN3. The highest BCUT2D eigenvalue weighted by Crippen LogP contribution is 2.21. The largest absolute Gasteiger partial charge is 0.330 e. The van der Waals surface area contributed by atoms with Gasteiger partial charge in [-0.25, -0.2) is 0 Å². The smallest absolute Gasteiger partial charge is 0.0746 e. The van der Waals surface area contributed by atoms with Crippen molar-refractivity contribution in [3.05, 3.63) is 42.1 Å². The summed E-state index contributed by atoms with van der Waals surface area (Å²) in [5.74, 6) is 0.664. The van der Waals surface area contributed by atoms with Crippen molar-refractivity contribution in [1.82, 2.24) is 9.88 Å². The van der Waals surface area contributed by atoms with Gasteiger partial charge in [-0.1, -0.05) is 24.3 Å². The molecule has 1 aliphatic heterocycles. The average molecular weight is 292 g/mol. The normalized spacial score (nSPS) is 19.8. The lowest BCUT2D eigenvalue weighted by Crippen LogP contribution is -2.37. The number of halogens is 1. The van der Waals surface area contributed by atoms with Gasteiger partial charge in [0.25, 0.3) is 0 Å². The van der Waals surface area contributed by atoms with Gasteiger partial charge in [0.05, 0.1) is 5.52 Å². The summed E-state index contributed by atoms with van der Waals surface area (Å²) in [6.07, 6.45) is 4.42. The van der Waals surface area contributed by atoms with E-state index in [1.54, 1.807) is 0 Å². The molecule has 1 fully saturated rings. The van der Waals surface area contributed by atoms with Crippen LogP contribution in [0.25, 0.3) is 10.9 Å². The molecule has 2 aromatic rings. The van der Waals surface area contributed by atoms with E-state index in [1.807, 2.05) is 12.3 Å². The topological polar surface area (TPSA) is 42.1 Å². The van der Waals surface area contributed by atoms with Crippen LogP contribution in [0.1, 0.15) is 18.4 Å². The number of piperidine rings is 1. The lowest BCUT2D eigenvalue weighted by molar-refractivity contribution is 0.171. The van der Waals surface area contributed by atoms with Crippen LogP contribution < -0.4 is 5.73 Å². The molecule has 3 rings (SSSR count). The molecule has 0 amide bonds. The van der Waals surface area contributed by atoms with Crippen LogP contribution >= 0.6 is 12.4 Å². The quantitative estimate of drug-likeness (QED) is 0.945. The van der Waals surface area contributed by atoms with Gasteiger partial charge < -0.3 is 5.73 Å². The number of hydrogen-bond donors (Lipinski definition) is 1. The molecule has 0 saturated carbocycles. The van der Waals surface area contributed by atoms with E-state index in [4.69, 9.17) is 5.73 Å². The van der Waals surface area contributed by atoms with Gasteiger partial charge in [-0.3, -0.25) is 9.88 Å². The van der Waals surface area contributed by atoms with E-state index in [2.05, 4.69) is 34.1 Å². The highest BCUT2D eigenvalue weighted by molar-refractivity contribution is 5.85. The van der Waals surface area contributed by atoms with Gasteiger partial charge in [-0.05, 0) is 43.5 Å². The first-order chi connectivity index (χ1) is 9.36. The van der Waals surface area contributed by atoms with E-state index >= 15 is 0 Å². The minimum absolute atomic E-state index is 0. The van der Waals surface area contributed by atoms with Gasteiger partial charge in [0.2, 0.25) is 0 Å². The Hall–Kier alpha value is -1.16. The van der Waals surface area contributed by atoms with Gasteiger partial charge in [-0.15, -0.1) is 12.4 Å². The van der Waals surface area contributed by atoms with Crippen molar-refractivity contribution in [2.24, 2.45) is 11.7 Å². The van der Waals surface area contributed by atoms with Gasteiger partial charge in [0.1, 0.15) is 0 Å². The predicted octanol–water partition coefficient (Wildman–Crippen LogP) is 2.83. The van der Waals surface area contributed by atoms with E-state index in [0.29, 0.717) is 5.92 Å². The van der Waals surface area contributed by atoms with Crippen molar-refractivity contribution < 1.29 is 0 Å². The number of fused-ring (bicyclic) bond motifs is 1. The monoisotopic (exact) mass is 291 g/mol. The summed E-state index contributed by atoms with van der Waals surface area (Å²) in [4.78, 5) is 7.05. The predicted molar refractivity (Wildman–Crippen MR) is 86.0 cm³/mol. The van der Waals surface area contributed by atoms with Crippen LogP contribution in [-0.2, 0) is 6.54 Å². The summed E-state index contributed by atoms with van der Waals surface area (Å²) in [7, 11) is 0. The second kappa shape index (κ2) is 7.02. The zero-order valence-corrected chi connectivity index (χ0v) is 12.5. The van der Waals surface area contributed by atoms with Crippen LogP contribution in [0.2, 0.25) is 0 Å². The lowest BCUT2D eigenvalue weighted by Gasteiger charge is -2.32. The summed E-state index contributed by atoms with van der Waals surface area (Å²) in [5, 5.41) is 1.23. The fraction of sp³-hybridized carbons (Fsp3) is 0.438. The molecule has 0 bridgehead atoms. The minimum atomic E-state index is 0. The van der Waals surface area contributed by atoms with Crippen molar-refractivity contribution in [3.63, 3.8) is 0 Å². The molecule has 1 aromatic carbocycles. The number of benzene rings is 1. The van der Waals surface area contributed by atoms with Crippen molar-refractivity contribution in [1.29, 1.82) is 0 Å². The molecule has 108 valence electrons. The number of aromatic nitrogens is 1. The highest BCUT2D eigenvalue weighted by atomic mass is 35.5. The number of nitrogens with zero attached hydrogens (tertiary/aromatic N) is 2. The molecule has 2 heterocycles. The Morgan fingerprint density at radius 1 is 1.25 bits per heavy atom. The summed E-state index contributed by atoms with van der Waals surface area (Å²) in [6, 6.07) is 10.6. The second-order valence-electron chi connectivity index (χ2n) is 5.47. The van der Waals surface area contributed by atoms with Gasteiger partial charge in [-0.2, -0.15) is 0 Å². The maximum absolute atomic E-state index is 5.81. The van der Waals surface area contributed by atoms with Gasteiger partial charge in [0, 0.05) is 24.7 Å². The standard InChI is InChI=1S/C16H21N3.ClH/c17-10-13-4-3-9-19(11-13)12-15-6-1-5-14-7-2-8-18-16(14)15;/h1-2,5-8,13H,3-4,9-12,17H2;1H. The van der Waals surface area contributed by atoms with Crippen molar-refractivity contribution >= 4 is 23.3 Å². The zero-order chi connectivity index (χ0) is 13.1. The van der Waals surface area contributed by atoms with Crippen LogP contribution in [0.5, 0.6) is 0 Å². The Kier molecular flexibility index (Phi) is 5.35. The van der Waals surface area contributed by atoms with Crippen LogP contribution in [-0.4, -0.2) is 29.5 Å². The number of pyridine rings is 1. The number of para-hydroxylation sites is 1. The van der Waals surface area contributed by atoms with Gasteiger partial charge >= 0.3 is 0 Å². The first kappa shape index (κ1) is 15.2. The lowest BCUT2D eigenvalue weighted by atomic mass is 9.97. The van der Waals surface area contributed by atoms with Crippen molar-refractivity contribution in [2.45, 2.75) is 19.4 Å². The number of nitrogens with two attached hydrogens (primary N) is 1. The molecular weight excluding hydrogens is 270 g/mol. The Bertz CT molecular complexity index is 553. The number of hydrogen-bond acceptors (Lipinski definition) is 3. The Morgan fingerprint density at radius 2 is 2.10 bits per heavy atom. The first-order valence-corrected chi connectivity index (χ1v) is 7.12. The molecule has 0 aliphatic carbocycles. The Labute approximate surface area is 126 Å². The van der Waals surface area contributed by atoms with Crippen LogP contribution in [0.3, 0.4) is 0 Å². The first-order valence-electron chi connectivity index (χ1n) is 7.12. The molecule has 1 atom stereocenters. The summed E-state index contributed by atoms with van der Waals surface area (Å²) in [5.41, 5.74) is 8.28. The fourth-order valence-corrected chi connectivity index (χ4v) is 3.02. The highest BCUT2D eigenvalue weighted by Gasteiger charge is 2.19. The van der Waals surface area contributed by atoms with Crippen LogP contribution in [0.15, 0.2) is 36.5 Å². The van der Waals surface area contributed by atoms with Crippen LogP contribution in [0.4, 0.5) is 0 Å². The molecule has 20 heavy (non-hydrogen) atoms. The number of likely N-dealkylation sites (tertiary alicyclic amines) is 1. The van der Waals surface area contributed by atoms with E-state index < -0.39 is 0 Å². The van der Waals surface area contributed by atoms with Crippen molar-refractivity contribution in [2.75, 3.05) is 19.6 Å². The molecule has 4 heteroatoms. The average Bonchev–Trinajstić information content (AvgIpc) is 2.48. The maximum atomic E-state index is 5.81. The summed E-state index contributed by atoms with van der Waals surface area (Å²) < 4.78 is 0. The van der Waals surface area contributed by atoms with Gasteiger partial charge in [0.15, 0.2) is 0 Å². The van der Waals surface area contributed by atoms with Crippen molar-refractivity contribution in [3.8, 4) is 0 Å². The van der Waals surface area contributed by atoms with E-state index in [-0.39, 0.29) is 12.4 Å². The van der Waals surface area contributed by atoms with E-state index in [9.17, 15) is 0 Å². The SMILES string of the molecule is Cl.NCC1CCCN(Cc2cccc3cccnc23)C1. The maximum Gasteiger partial charge on any atom is 0.0746 e. The third-order valence-corrected chi connectivity index (χ3v) is 4.05. The Balaban J connectivity index is 0.00000147. The molecule has 1 saturated heterocycles. The Morgan fingerprint density at radius 3 is 2.95 bits per heavy atom. The van der Waals surface area contributed by atoms with E-state index in [1.165, 1.54) is 30.3 Å². The van der Waals surface area contributed by atoms with E-state index in [0.717, 1.165) is 25.2 Å². The molecule has 1 unspecified atom stereocenters. The third kappa shape index (κ3) is 3.29.